The average molecular weight is 449 g/mol. The Balaban J connectivity index is 1.25. The van der Waals surface area contributed by atoms with E-state index in [9.17, 15) is 4.79 Å². The number of hydrogen-bond donors (Lipinski definition) is 2. The second-order valence-corrected chi connectivity index (χ2v) is 8.43. The molecule has 0 atom stereocenters. The van der Waals surface area contributed by atoms with Crippen LogP contribution in [0.15, 0.2) is 54.9 Å². The molecule has 4 aromatic rings. The number of carboxylic acids is 1. The Morgan fingerprint density at radius 2 is 1.78 bits per heavy atom. The Hall–Kier alpha value is -3.45. The number of nitrogens with one attached hydrogen (secondary N) is 1. The normalized spacial score (nSPS) is 18.5. The van der Waals surface area contributed by atoms with E-state index in [2.05, 4.69) is 19.9 Å². The highest BCUT2D eigenvalue weighted by molar-refractivity contribution is 6.31. The van der Waals surface area contributed by atoms with Crippen molar-refractivity contribution in [2.45, 2.75) is 31.8 Å². The van der Waals surface area contributed by atoms with Crippen molar-refractivity contribution < 1.29 is 14.6 Å². The van der Waals surface area contributed by atoms with Crippen LogP contribution in [0.5, 0.6) is 5.88 Å². The molecule has 5 rings (SSSR count). The van der Waals surface area contributed by atoms with Gasteiger partial charge >= 0.3 is 5.97 Å². The molecule has 7 nitrogen and oxygen atoms in total. The standard InChI is InChI=1S/C24H21ClN4O3/c25-17-5-9-20-21(11-17)29-23(28-20)16-3-8-19(26-13-16)15-4-10-22(27-12-15)32-18-6-1-14(2-7-18)24(30)31/h3-5,8-14,18H,1-2,6-7H2,(H,28,29)(H,30,31)/t14-,18-. The number of fused-ring (bicyclic) bond motifs is 1. The summed E-state index contributed by atoms with van der Waals surface area (Å²) in [5.41, 5.74) is 4.30. The fourth-order valence-corrected chi connectivity index (χ4v) is 4.19. The Kier molecular flexibility index (Phi) is 5.49. The molecule has 0 unspecified atom stereocenters. The molecule has 8 heteroatoms. The highest BCUT2D eigenvalue weighted by Gasteiger charge is 2.27. The highest BCUT2D eigenvalue weighted by atomic mass is 35.5. The van der Waals surface area contributed by atoms with E-state index in [-0.39, 0.29) is 12.0 Å². The summed E-state index contributed by atoms with van der Waals surface area (Å²) in [7, 11) is 0. The molecule has 0 amide bonds. The largest absolute Gasteiger partial charge is 0.481 e. The number of hydrogen-bond acceptors (Lipinski definition) is 5. The maximum absolute atomic E-state index is 11.1. The first-order valence-electron chi connectivity index (χ1n) is 10.5. The summed E-state index contributed by atoms with van der Waals surface area (Å²) in [6, 6.07) is 13.2. The molecule has 1 aliphatic rings. The van der Waals surface area contributed by atoms with Gasteiger partial charge in [-0.3, -0.25) is 9.78 Å². The lowest BCUT2D eigenvalue weighted by molar-refractivity contribution is -0.143. The monoisotopic (exact) mass is 448 g/mol. The molecule has 1 saturated carbocycles. The number of aromatic amines is 1. The average Bonchev–Trinajstić information content (AvgIpc) is 3.23. The van der Waals surface area contributed by atoms with Crippen molar-refractivity contribution in [1.29, 1.82) is 0 Å². The third kappa shape index (κ3) is 4.29. The van der Waals surface area contributed by atoms with Gasteiger partial charge in [-0.05, 0) is 62.1 Å². The number of halogens is 1. The fourth-order valence-electron chi connectivity index (χ4n) is 4.02. The van der Waals surface area contributed by atoms with E-state index in [0.29, 0.717) is 23.7 Å². The molecule has 1 aromatic carbocycles. The van der Waals surface area contributed by atoms with E-state index in [0.717, 1.165) is 46.5 Å². The number of benzene rings is 1. The van der Waals surface area contributed by atoms with Gasteiger partial charge in [0.1, 0.15) is 11.9 Å². The number of aliphatic carboxylic acids is 1. The molecule has 3 heterocycles. The minimum absolute atomic E-state index is 0.0139. The number of imidazole rings is 1. The first-order valence-corrected chi connectivity index (χ1v) is 10.9. The van der Waals surface area contributed by atoms with Crippen LogP contribution in [-0.2, 0) is 4.79 Å². The van der Waals surface area contributed by atoms with Crippen molar-refractivity contribution >= 4 is 28.6 Å². The van der Waals surface area contributed by atoms with E-state index >= 15 is 0 Å². The molecular weight excluding hydrogens is 428 g/mol. The highest BCUT2D eigenvalue weighted by Crippen LogP contribution is 2.28. The molecule has 162 valence electrons. The molecule has 1 aliphatic carbocycles. The molecule has 3 aromatic heterocycles. The summed E-state index contributed by atoms with van der Waals surface area (Å²) in [5, 5.41) is 9.76. The first kappa shape index (κ1) is 20.5. The minimum Gasteiger partial charge on any atom is -0.481 e. The van der Waals surface area contributed by atoms with Crippen LogP contribution in [0.4, 0.5) is 0 Å². The van der Waals surface area contributed by atoms with Crippen molar-refractivity contribution in [3.63, 3.8) is 0 Å². The molecule has 0 aliphatic heterocycles. The minimum atomic E-state index is -0.714. The van der Waals surface area contributed by atoms with E-state index in [4.69, 9.17) is 21.4 Å². The van der Waals surface area contributed by atoms with Gasteiger partial charge in [0.25, 0.3) is 0 Å². The summed E-state index contributed by atoms with van der Waals surface area (Å²) < 4.78 is 5.94. The maximum Gasteiger partial charge on any atom is 0.306 e. The van der Waals surface area contributed by atoms with Crippen molar-refractivity contribution in [3.05, 3.63) is 59.9 Å². The van der Waals surface area contributed by atoms with Gasteiger partial charge in [-0.15, -0.1) is 0 Å². The molecule has 32 heavy (non-hydrogen) atoms. The van der Waals surface area contributed by atoms with E-state index < -0.39 is 5.97 Å². The molecule has 0 spiro atoms. The maximum atomic E-state index is 11.1. The Morgan fingerprint density at radius 1 is 1.00 bits per heavy atom. The second-order valence-electron chi connectivity index (χ2n) is 7.99. The van der Waals surface area contributed by atoms with Crippen LogP contribution in [0.25, 0.3) is 33.7 Å². The smallest absolute Gasteiger partial charge is 0.306 e. The Labute approximate surface area is 189 Å². The van der Waals surface area contributed by atoms with Crippen molar-refractivity contribution in [2.75, 3.05) is 0 Å². The van der Waals surface area contributed by atoms with Gasteiger partial charge in [0, 0.05) is 34.6 Å². The van der Waals surface area contributed by atoms with Crippen molar-refractivity contribution in [1.82, 2.24) is 19.9 Å². The summed E-state index contributed by atoms with van der Waals surface area (Å²) in [5.74, 6) is 0.316. The lowest BCUT2D eigenvalue weighted by Crippen LogP contribution is -2.28. The van der Waals surface area contributed by atoms with Gasteiger partial charge in [0.15, 0.2) is 0 Å². The third-order valence-corrected chi connectivity index (χ3v) is 6.06. The summed E-state index contributed by atoms with van der Waals surface area (Å²) in [6.07, 6.45) is 6.29. The topological polar surface area (TPSA) is 101 Å². The fraction of sp³-hybridized carbons (Fsp3) is 0.250. The number of aromatic nitrogens is 4. The third-order valence-electron chi connectivity index (χ3n) is 5.82. The second kappa shape index (κ2) is 8.59. The zero-order valence-corrected chi connectivity index (χ0v) is 17.9. The van der Waals surface area contributed by atoms with Crippen LogP contribution in [0.1, 0.15) is 25.7 Å². The van der Waals surface area contributed by atoms with Crippen molar-refractivity contribution in [2.24, 2.45) is 5.92 Å². The summed E-state index contributed by atoms with van der Waals surface area (Å²) in [4.78, 5) is 27.9. The number of rotatable bonds is 5. The first-order chi connectivity index (χ1) is 15.5. The van der Waals surface area contributed by atoms with Crippen LogP contribution < -0.4 is 4.74 Å². The lowest BCUT2D eigenvalue weighted by atomic mass is 9.87. The summed E-state index contributed by atoms with van der Waals surface area (Å²) >= 11 is 6.04. The molecule has 0 bridgehead atoms. The SMILES string of the molecule is O=C(O)[C@H]1CC[C@H](Oc2ccc(-c3ccc(-c4nc5cc(Cl)ccc5[nH]4)cn3)cn2)CC1. The number of carbonyl (C=O) groups is 1. The van der Waals surface area contributed by atoms with Gasteiger partial charge in [0.2, 0.25) is 5.88 Å². The van der Waals surface area contributed by atoms with Crippen LogP contribution >= 0.6 is 11.6 Å². The predicted molar refractivity (Wildman–Crippen MR) is 122 cm³/mol. The number of pyridine rings is 2. The molecule has 2 N–H and O–H groups in total. The number of ether oxygens (including phenoxy) is 1. The summed E-state index contributed by atoms with van der Waals surface area (Å²) in [6.45, 7) is 0. The predicted octanol–water partition coefficient (Wildman–Crippen LogP) is 5.36. The quantitative estimate of drug-likeness (QED) is 0.426. The van der Waals surface area contributed by atoms with E-state index in [1.807, 2.05) is 42.5 Å². The van der Waals surface area contributed by atoms with Crippen LogP contribution in [0.2, 0.25) is 5.02 Å². The van der Waals surface area contributed by atoms with Gasteiger partial charge in [-0.2, -0.15) is 0 Å². The van der Waals surface area contributed by atoms with Gasteiger partial charge < -0.3 is 14.8 Å². The zero-order valence-electron chi connectivity index (χ0n) is 17.2. The Bertz CT molecular complexity index is 1250. The number of carboxylic acid groups (broad SMARTS) is 1. The van der Waals surface area contributed by atoms with Crippen LogP contribution in [-0.4, -0.2) is 37.1 Å². The van der Waals surface area contributed by atoms with Crippen molar-refractivity contribution in [3.8, 4) is 28.5 Å². The van der Waals surface area contributed by atoms with E-state index in [1.165, 1.54) is 0 Å². The molecule has 0 radical (unpaired) electrons. The van der Waals surface area contributed by atoms with Crippen LogP contribution in [0, 0.1) is 5.92 Å². The number of nitrogens with zero attached hydrogens (tertiary/aromatic N) is 3. The zero-order chi connectivity index (χ0) is 22.1. The number of H-pyrrole nitrogens is 1. The molecule has 0 saturated heterocycles. The van der Waals surface area contributed by atoms with Crippen LogP contribution in [0.3, 0.4) is 0 Å². The van der Waals surface area contributed by atoms with Gasteiger partial charge in [-0.1, -0.05) is 11.6 Å². The molecular formula is C24H21ClN4O3. The lowest BCUT2D eigenvalue weighted by Gasteiger charge is -2.26. The van der Waals surface area contributed by atoms with Gasteiger partial charge in [-0.25, -0.2) is 9.97 Å². The van der Waals surface area contributed by atoms with E-state index in [1.54, 1.807) is 12.4 Å². The molecule has 1 fully saturated rings. The van der Waals surface area contributed by atoms with Gasteiger partial charge in [0.05, 0.1) is 22.6 Å². The Morgan fingerprint density at radius 3 is 2.47 bits per heavy atom.